The summed E-state index contributed by atoms with van der Waals surface area (Å²) in [6.07, 6.45) is 1.02. The van der Waals surface area contributed by atoms with Gasteiger partial charge in [0.15, 0.2) is 4.34 Å². The second-order valence-electron chi connectivity index (χ2n) is 5.70. The van der Waals surface area contributed by atoms with Crippen LogP contribution in [0.2, 0.25) is 0 Å². The van der Waals surface area contributed by atoms with Gasteiger partial charge in [-0.05, 0) is 43.9 Å². The summed E-state index contributed by atoms with van der Waals surface area (Å²) in [5.41, 5.74) is 0.478. The van der Waals surface area contributed by atoms with E-state index in [4.69, 9.17) is 5.11 Å². The molecule has 1 aromatic carbocycles. The number of amides is 2. The van der Waals surface area contributed by atoms with E-state index in [-0.39, 0.29) is 16.7 Å². The van der Waals surface area contributed by atoms with E-state index in [1.165, 1.54) is 30.0 Å². The molecular formula is C18H20N4O4S3. The monoisotopic (exact) mass is 452 g/mol. The number of hydrogen-bond donors (Lipinski definition) is 3. The van der Waals surface area contributed by atoms with Crippen molar-refractivity contribution in [1.29, 1.82) is 0 Å². The Morgan fingerprint density at radius 1 is 1.21 bits per heavy atom. The van der Waals surface area contributed by atoms with Gasteiger partial charge in [-0.15, -0.1) is 22.0 Å². The number of carboxylic acid groups (broad SMARTS) is 1. The number of carbonyl (C=O) groups excluding carboxylic acids is 2. The van der Waals surface area contributed by atoms with Crippen molar-refractivity contribution in [3.05, 3.63) is 35.9 Å². The van der Waals surface area contributed by atoms with E-state index in [0.29, 0.717) is 10.8 Å². The van der Waals surface area contributed by atoms with Crippen molar-refractivity contribution < 1.29 is 19.5 Å². The van der Waals surface area contributed by atoms with Crippen molar-refractivity contribution in [3.8, 4) is 0 Å². The topological polar surface area (TPSA) is 121 Å². The lowest BCUT2D eigenvalue weighted by Crippen LogP contribution is -2.22. The van der Waals surface area contributed by atoms with Crippen LogP contribution in [0.25, 0.3) is 0 Å². The molecule has 0 bridgehead atoms. The highest BCUT2D eigenvalue weighted by Crippen LogP contribution is 2.28. The van der Waals surface area contributed by atoms with E-state index >= 15 is 0 Å². The number of aromatic nitrogens is 2. The van der Waals surface area contributed by atoms with Crippen molar-refractivity contribution in [1.82, 2.24) is 10.2 Å². The predicted octanol–water partition coefficient (Wildman–Crippen LogP) is 3.74. The van der Waals surface area contributed by atoms with Crippen LogP contribution in [0, 0.1) is 0 Å². The highest BCUT2D eigenvalue weighted by atomic mass is 32.2. The summed E-state index contributed by atoms with van der Waals surface area (Å²) < 4.78 is 0.814. The van der Waals surface area contributed by atoms with Crippen LogP contribution in [0.15, 0.2) is 45.1 Å². The van der Waals surface area contributed by atoms with Crippen molar-refractivity contribution in [2.75, 3.05) is 16.4 Å². The number of carboxylic acids is 1. The molecular weight excluding hydrogens is 432 g/mol. The molecule has 0 aliphatic heterocycles. The van der Waals surface area contributed by atoms with Gasteiger partial charge in [-0.25, -0.2) is 4.79 Å². The van der Waals surface area contributed by atoms with Crippen LogP contribution in [0.1, 0.15) is 20.8 Å². The Balaban J connectivity index is 1.89. The van der Waals surface area contributed by atoms with Gasteiger partial charge in [-0.1, -0.05) is 30.0 Å². The van der Waals surface area contributed by atoms with Gasteiger partial charge < -0.3 is 10.4 Å². The minimum atomic E-state index is -1.15. The summed E-state index contributed by atoms with van der Waals surface area (Å²) >= 11 is 4.28. The second-order valence-corrected chi connectivity index (χ2v) is 9.60. The maximum Gasteiger partial charge on any atom is 0.331 e. The molecule has 0 unspecified atom stereocenters. The van der Waals surface area contributed by atoms with Crippen LogP contribution in [0.5, 0.6) is 0 Å². The molecule has 0 saturated heterocycles. The first kappa shape index (κ1) is 22.9. The molecule has 29 heavy (non-hydrogen) atoms. The molecule has 0 fully saturated rings. The zero-order valence-corrected chi connectivity index (χ0v) is 18.4. The first-order valence-corrected chi connectivity index (χ1v) is 11.2. The van der Waals surface area contributed by atoms with Crippen LogP contribution < -0.4 is 10.6 Å². The molecule has 0 aliphatic carbocycles. The quantitative estimate of drug-likeness (QED) is 0.299. The summed E-state index contributed by atoms with van der Waals surface area (Å²) in [7, 11) is 0. The SMILES string of the molecule is CCSc1nnc(NC(=O)[C@H](C)Sc2ccc(NC(=O)/C=C(\C)C(=O)O)cc2)s1. The van der Waals surface area contributed by atoms with Gasteiger partial charge >= 0.3 is 5.97 Å². The Morgan fingerprint density at radius 2 is 1.90 bits per heavy atom. The van der Waals surface area contributed by atoms with E-state index in [1.54, 1.807) is 43.0 Å². The number of nitrogens with one attached hydrogen (secondary N) is 2. The average molecular weight is 453 g/mol. The molecule has 1 aromatic heterocycles. The number of hydrogen-bond acceptors (Lipinski definition) is 8. The average Bonchev–Trinajstić information content (AvgIpc) is 3.10. The van der Waals surface area contributed by atoms with Crippen molar-refractivity contribution in [3.63, 3.8) is 0 Å². The number of rotatable bonds is 9. The van der Waals surface area contributed by atoms with E-state index in [0.717, 1.165) is 21.1 Å². The van der Waals surface area contributed by atoms with Crippen LogP contribution in [-0.4, -0.2) is 44.1 Å². The summed E-state index contributed by atoms with van der Waals surface area (Å²) in [6.45, 7) is 5.16. The minimum Gasteiger partial charge on any atom is -0.478 e. The Hall–Kier alpha value is -2.37. The van der Waals surface area contributed by atoms with E-state index in [1.807, 2.05) is 6.92 Å². The van der Waals surface area contributed by atoms with Gasteiger partial charge in [0.25, 0.3) is 0 Å². The first-order valence-electron chi connectivity index (χ1n) is 8.55. The highest BCUT2D eigenvalue weighted by molar-refractivity contribution is 8.01. The maximum absolute atomic E-state index is 12.3. The second kappa shape index (κ2) is 11.0. The lowest BCUT2D eigenvalue weighted by atomic mass is 10.2. The Labute approximate surface area is 180 Å². The molecule has 8 nitrogen and oxygen atoms in total. The number of carbonyl (C=O) groups is 3. The van der Waals surface area contributed by atoms with E-state index in [9.17, 15) is 14.4 Å². The highest BCUT2D eigenvalue weighted by Gasteiger charge is 2.17. The zero-order chi connectivity index (χ0) is 21.4. The van der Waals surface area contributed by atoms with Gasteiger partial charge in [-0.3, -0.25) is 14.9 Å². The van der Waals surface area contributed by atoms with Gasteiger partial charge in [-0.2, -0.15) is 0 Å². The van der Waals surface area contributed by atoms with Crippen molar-refractivity contribution in [2.45, 2.75) is 35.3 Å². The maximum atomic E-state index is 12.3. The number of thioether (sulfide) groups is 2. The summed E-state index contributed by atoms with van der Waals surface area (Å²) in [5.74, 6) is -0.949. The van der Waals surface area contributed by atoms with Crippen LogP contribution in [-0.2, 0) is 14.4 Å². The Morgan fingerprint density at radius 3 is 2.52 bits per heavy atom. The molecule has 1 heterocycles. The lowest BCUT2D eigenvalue weighted by molar-refractivity contribution is -0.132. The van der Waals surface area contributed by atoms with Gasteiger partial charge in [0.2, 0.25) is 16.9 Å². The first-order chi connectivity index (χ1) is 13.8. The fraction of sp³-hybridized carbons (Fsp3) is 0.278. The van der Waals surface area contributed by atoms with Gasteiger partial charge in [0, 0.05) is 22.2 Å². The molecule has 1 atom stereocenters. The minimum absolute atomic E-state index is 0.0506. The third kappa shape index (κ3) is 7.52. The molecule has 0 saturated carbocycles. The van der Waals surface area contributed by atoms with Gasteiger partial charge in [0.1, 0.15) is 0 Å². The third-order valence-electron chi connectivity index (χ3n) is 3.39. The normalized spacial score (nSPS) is 12.3. The third-order valence-corrected chi connectivity index (χ3v) is 6.36. The largest absolute Gasteiger partial charge is 0.478 e. The zero-order valence-electron chi connectivity index (χ0n) is 16.0. The van der Waals surface area contributed by atoms with Crippen LogP contribution >= 0.6 is 34.9 Å². The van der Waals surface area contributed by atoms with E-state index < -0.39 is 11.9 Å². The van der Waals surface area contributed by atoms with Crippen molar-refractivity contribution >= 4 is 63.5 Å². The number of anilines is 2. The molecule has 2 rings (SSSR count). The summed E-state index contributed by atoms with van der Waals surface area (Å²) in [6, 6.07) is 6.93. The fourth-order valence-electron chi connectivity index (χ4n) is 1.96. The lowest BCUT2D eigenvalue weighted by Gasteiger charge is -2.11. The molecule has 3 N–H and O–H groups in total. The van der Waals surface area contributed by atoms with Crippen LogP contribution in [0.3, 0.4) is 0 Å². The Kier molecular flexibility index (Phi) is 8.68. The number of aliphatic carboxylic acids is 1. The molecule has 2 amide bonds. The van der Waals surface area contributed by atoms with Crippen molar-refractivity contribution in [2.24, 2.45) is 0 Å². The molecule has 11 heteroatoms. The van der Waals surface area contributed by atoms with E-state index in [2.05, 4.69) is 20.8 Å². The standard InChI is InChI=1S/C18H20N4O4S3/c1-4-27-18-22-21-17(29-18)20-15(24)11(3)28-13-7-5-12(6-8-13)19-14(23)9-10(2)16(25)26/h5-9,11H,4H2,1-3H3,(H,19,23)(H,25,26)(H,20,21,24)/b10-9+/t11-/m0/s1. The molecule has 154 valence electrons. The Bertz CT molecular complexity index is 912. The summed E-state index contributed by atoms with van der Waals surface area (Å²) in [5, 5.41) is 22.2. The summed E-state index contributed by atoms with van der Waals surface area (Å²) in [4.78, 5) is 35.7. The molecule has 0 spiro atoms. The number of benzene rings is 1. The molecule has 2 aromatic rings. The predicted molar refractivity (Wildman–Crippen MR) is 117 cm³/mol. The number of nitrogens with zero attached hydrogens (tertiary/aromatic N) is 2. The smallest absolute Gasteiger partial charge is 0.331 e. The fourth-order valence-corrected chi connectivity index (χ4v) is 4.48. The van der Waals surface area contributed by atoms with Crippen LogP contribution in [0.4, 0.5) is 10.8 Å². The molecule has 0 aliphatic rings. The molecule has 0 radical (unpaired) electrons. The van der Waals surface area contributed by atoms with Gasteiger partial charge in [0.05, 0.1) is 5.25 Å².